The molecule has 3 rings (SSSR count). The smallest absolute Gasteiger partial charge is 0.187 e. The molecule has 3 aromatic rings. The molecule has 6 heteroatoms. The summed E-state index contributed by atoms with van der Waals surface area (Å²) in [6.07, 6.45) is 0. The van der Waals surface area contributed by atoms with Gasteiger partial charge in [-0.3, -0.25) is 0 Å². The van der Waals surface area contributed by atoms with Crippen LogP contribution in [-0.2, 0) is 0 Å². The monoisotopic (exact) mass is 343 g/mol. The molecule has 1 aromatic heterocycles. The molecular formula is C15H14BrN5. The largest absolute Gasteiger partial charge is 0.398 e. The number of nitrogens with zero attached hydrogens (tertiary/aromatic N) is 4. The third-order valence-electron chi connectivity index (χ3n) is 3.42. The number of anilines is 1. The van der Waals surface area contributed by atoms with Crippen molar-refractivity contribution in [1.29, 1.82) is 0 Å². The van der Waals surface area contributed by atoms with Crippen molar-refractivity contribution in [3.63, 3.8) is 0 Å². The first-order chi connectivity index (χ1) is 10.1. The zero-order chi connectivity index (χ0) is 15.0. The van der Waals surface area contributed by atoms with Gasteiger partial charge in [-0.25, -0.2) is 0 Å². The van der Waals surface area contributed by atoms with E-state index in [0.717, 1.165) is 27.0 Å². The predicted octanol–water partition coefficient (Wildman–Crippen LogP) is 3.29. The number of hydrogen-bond donors (Lipinski definition) is 1. The second kappa shape index (κ2) is 5.29. The van der Waals surface area contributed by atoms with Gasteiger partial charge in [0.25, 0.3) is 0 Å². The van der Waals surface area contributed by atoms with Crippen molar-refractivity contribution in [3.05, 3.63) is 52.0 Å². The molecule has 0 spiro atoms. The molecular weight excluding hydrogens is 330 g/mol. The molecule has 21 heavy (non-hydrogen) atoms. The number of hydrogen-bond acceptors (Lipinski definition) is 4. The zero-order valence-electron chi connectivity index (χ0n) is 11.7. The summed E-state index contributed by atoms with van der Waals surface area (Å²) in [5.41, 5.74) is 10.7. The maximum absolute atomic E-state index is 5.98. The first-order valence-corrected chi connectivity index (χ1v) is 7.27. The van der Waals surface area contributed by atoms with E-state index in [-0.39, 0.29) is 0 Å². The summed E-state index contributed by atoms with van der Waals surface area (Å²) in [6.45, 7) is 4.00. The fraction of sp³-hybridized carbons (Fsp3) is 0.133. The molecule has 1 heterocycles. The van der Waals surface area contributed by atoms with Gasteiger partial charge in [0, 0.05) is 15.7 Å². The number of nitrogens with two attached hydrogens (primary N) is 1. The molecule has 0 saturated carbocycles. The molecule has 5 nitrogen and oxygen atoms in total. The van der Waals surface area contributed by atoms with Crippen molar-refractivity contribution < 1.29 is 0 Å². The summed E-state index contributed by atoms with van der Waals surface area (Å²) in [4.78, 5) is 0. The van der Waals surface area contributed by atoms with E-state index in [4.69, 9.17) is 5.73 Å². The molecule has 106 valence electrons. The molecule has 0 unspecified atom stereocenters. The van der Waals surface area contributed by atoms with Crippen LogP contribution in [0, 0.1) is 13.8 Å². The summed E-state index contributed by atoms with van der Waals surface area (Å²) in [6, 6.07) is 11.8. The van der Waals surface area contributed by atoms with E-state index in [2.05, 4.69) is 31.5 Å². The van der Waals surface area contributed by atoms with Crippen LogP contribution in [0.5, 0.6) is 0 Å². The summed E-state index contributed by atoms with van der Waals surface area (Å²) in [5.74, 6) is 0.671. The fourth-order valence-corrected chi connectivity index (χ4v) is 2.86. The van der Waals surface area contributed by atoms with E-state index >= 15 is 0 Å². The van der Waals surface area contributed by atoms with Crippen molar-refractivity contribution in [1.82, 2.24) is 20.2 Å². The maximum atomic E-state index is 5.98. The van der Waals surface area contributed by atoms with Crippen LogP contribution in [0.4, 0.5) is 5.69 Å². The zero-order valence-corrected chi connectivity index (χ0v) is 13.3. The number of nitrogen functional groups attached to an aromatic ring is 1. The lowest BCUT2D eigenvalue weighted by Crippen LogP contribution is -2.03. The lowest BCUT2D eigenvalue weighted by molar-refractivity contribution is 0.788. The minimum absolute atomic E-state index is 0.671. The average molecular weight is 344 g/mol. The van der Waals surface area contributed by atoms with E-state index in [1.54, 1.807) is 4.68 Å². The third-order valence-corrected chi connectivity index (χ3v) is 4.05. The second-order valence-electron chi connectivity index (χ2n) is 4.89. The van der Waals surface area contributed by atoms with Crippen molar-refractivity contribution in [2.24, 2.45) is 0 Å². The number of benzene rings is 2. The van der Waals surface area contributed by atoms with Crippen LogP contribution in [0.15, 0.2) is 40.9 Å². The van der Waals surface area contributed by atoms with E-state index in [1.807, 2.05) is 50.2 Å². The third kappa shape index (κ3) is 2.42. The Labute approximate surface area is 130 Å². The van der Waals surface area contributed by atoms with Crippen LogP contribution in [0.25, 0.3) is 17.1 Å². The highest BCUT2D eigenvalue weighted by Crippen LogP contribution is 2.29. The summed E-state index contributed by atoms with van der Waals surface area (Å²) in [5, 5.41) is 12.1. The average Bonchev–Trinajstić information content (AvgIpc) is 2.91. The molecule has 0 aliphatic heterocycles. The Hall–Kier alpha value is -2.21. The Balaban J connectivity index is 2.20. The molecule has 2 N–H and O–H groups in total. The van der Waals surface area contributed by atoms with E-state index in [9.17, 15) is 0 Å². The van der Waals surface area contributed by atoms with E-state index in [0.29, 0.717) is 5.82 Å². The Morgan fingerprint density at radius 3 is 2.71 bits per heavy atom. The minimum atomic E-state index is 0.671. The number of aromatic nitrogens is 4. The molecule has 0 radical (unpaired) electrons. The number of tetrazole rings is 1. The summed E-state index contributed by atoms with van der Waals surface area (Å²) >= 11 is 3.57. The lowest BCUT2D eigenvalue weighted by atomic mass is 10.1. The van der Waals surface area contributed by atoms with Crippen molar-refractivity contribution in [3.8, 4) is 17.1 Å². The molecule has 0 amide bonds. The van der Waals surface area contributed by atoms with Gasteiger partial charge in [0.05, 0.1) is 5.69 Å². The summed E-state index contributed by atoms with van der Waals surface area (Å²) in [7, 11) is 0. The first kappa shape index (κ1) is 13.8. The van der Waals surface area contributed by atoms with Gasteiger partial charge in [-0.05, 0) is 69.5 Å². The molecule has 0 saturated heterocycles. The highest BCUT2D eigenvalue weighted by atomic mass is 79.9. The minimum Gasteiger partial charge on any atom is -0.398 e. The van der Waals surface area contributed by atoms with Crippen LogP contribution < -0.4 is 5.73 Å². The number of rotatable bonds is 2. The van der Waals surface area contributed by atoms with Crippen molar-refractivity contribution >= 4 is 21.6 Å². The number of aryl methyl sites for hydroxylation is 1. The van der Waals surface area contributed by atoms with Gasteiger partial charge >= 0.3 is 0 Å². The van der Waals surface area contributed by atoms with Gasteiger partial charge in [0.15, 0.2) is 5.82 Å². The van der Waals surface area contributed by atoms with Crippen LogP contribution in [0.3, 0.4) is 0 Å². The number of halogens is 1. The SMILES string of the molecule is Cc1ccc(-n2nnnc2-c2cccc(N)c2C)c(Br)c1. The topological polar surface area (TPSA) is 69.6 Å². The van der Waals surface area contributed by atoms with Crippen molar-refractivity contribution in [2.75, 3.05) is 5.73 Å². The molecule has 2 aromatic carbocycles. The van der Waals surface area contributed by atoms with Crippen LogP contribution >= 0.6 is 15.9 Å². The van der Waals surface area contributed by atoms with E-state index in [1.165, 1.54) is 5.56 Å². The van der Waals surface area contributed by atoms with Crippen LogP contribution in [-0.4, -0.2) is 20.2 Å². The Morgan fingerprint density at radius 1 is 1.14 bits per heavy atom. The van der Waals surface area contributed by atoms with Gasteiger partial charge in [-0.2, -0.15) is 4.68 Å². The maximum Gasteiger partial charge on any atom is 0.187 e. The highest BCUT2D eigenvalue weighted by molar-refractivity contribution is 9.10. The molecule has 0 fully saturated rings. The Kier molecular flexibility index (Phi) is 3.47. The molecule has 0 aliphatic rings. The van der Waals surface area contributed by atoms with Gasteiger partial charge in [0.1, 0.15) is 0 Å². The van der Waals surface area contributed by atoms with Gasteiger partial charge in [0.2, 0.25) is 0 Å². The Morgan fingerprint density at radius 2 is 1.95 bits per heavy atom. The quantitative estimate of drug-likeness (QED) is 0.725. The van der Waals surface area contributed by atoms with Gasteiger partial charge in [-0.15, -0.1) is 5.10 Å². The second-order valence-corrected chi connectivity index (χ2v) is 5.74. The molecule has 0 aliphatic carbocycles. The predicted molar refractivity (Wildman–Crippen MR) is 86.2 cm³/mol. The first-order valence-electron chi connectivity index (χ1n) is 6.48. The van der Waals surface area contributed by atoms with Crippen LogP contribution in [0.1, 0.15) is 11.1 Å². The fourth-order valence-electron chi connectivity index (χ4n) is 2.20. The van der Waals surface area contributed by atoms with Crippen LogP contribution in [0.2, 0.25) is 0 Å². The van der Waals surface area contributed by atoms with Crippen molar-refractivity contribution in [2.45, 2.75) is 13.8 Å². The standard InChI is InChI=1S/C15H14BrN5/c1-9-6-7-14(12(16)8-9)21-15(18-19-20-21)11-4-3-5-13(17)10(11)2/h3-8H,17H2,1-2H3. The van der Waals surface area contributed by atoms with E-state index < -0.39 is 0 Å². The highest BCUT2D eigenvalue weighted by Gasteiger charge is 2.15. The Bertz CT molecular complexity index is 810. The lowest BCUT2D eigenvalue weighted by Gasteiger charge is -2.10. The van der Waals surface area contributed by atoms with Gasteiger partial charge in [-0.1, -0.05) is 18.2 Å². The normalized spacial score (nSPS) is 10.8. The van der Waals surface area contributed by atoms with Gasteiger partial charge < -0.3 is 5.73 Å². The summed E-state index contributed by atoms with van der Waals surface area (Å²) < 4.78 is 2.66. The molecule has 0 atom stereocenters. The molecule has 0 bridgehead atoms.